The SMILES string of the molecule is Cc1nc(C(=O)N(C)C(C)c2ccccc2Cl)cs1. The highest BCUT2D eigenvalue weighted by atomic mass is 35.5. The van der Waals surface area contributed by atoms with Crippen molar-refractivity contribution >= 4 is 28.8 Å². The minimum Gasteiger partial charge on any atom is -0.334 e. The number of carbonyl (C=O) groups excluding carboxylic acids is 1. The van der Waals surface area contributed by atoms with Crippen LogP contribution in [-0.4, -0.2) is 22.8 Å². The highest BCUT2D eigenvalue weighted by molar-refractivity contribution is 7.09. The van der Waals surface area contributed by atoms with E-state index in [2.05, 4.69) is 4.98 Å². The summed E-state index contributed by atoms with van der Waals surface area (Å²) in [5.41, 5.74) is 1.43. The van der Waals surface area contributed by atoms with E-state index in [9.17, 15) is 4.79 Å². The molecule has 0 fully saturated rings. The first-order valence-electron chi connectivity index (χ1n) is 5.94. The van der Waals surface area contributed by atoms with E-state index in [-0.39, 0.29) is 11.9 Å². The van der Waals surface area contributed by atoms with E-state index in [1.54, 1.807) is 17.3 Å². The van der Waals surface area contributed by atoms with Crippen molar-refractivity contribution in [2.24, 2.45) is 0 Å². The standard InChI is InChI=1S/C14H15ClN2OS/c1-9(11-6-4-5-7-12(11)15)17(3)14(18)13-8-19-10(2)16-13/h4-9H,1-3H3. The lowest BCUT2D eigenvalue weighted by molar-refractivity contribution is 0.0737. The number of hydrogen-bond acceptors (Lipinski definition) is 3. The Bertz CT molecular complexity index is 597. The smallest absolute Gasteiger partial charge is 0.273 e. The summed E-state index contributed by atoms with van der Waals surface area (Å²) in [5, 5.41) is 3.35. The van der Waals surface area contributed by atoms with Gasteiger partial charge in [-0.2, -0.15) is 0 Å². The highest BCUT2D eigenvalue weighted by Crippen LogP contribution is 2.27. The average Bonchev–Trinajstić information content (AvgIpc) is 2.83. The lowest BCUT2D eigenvalue weighted by Gasteiger charge is -2.25. The number of amides is 1. The van der Waals surface area contributed by atoms with Crippen molar-refractivity contribution in [3.8, 4) is 0 Å². The van der Waals surface area contributed by atoms with E-state index in [0.717, 1.165) is 10.6 Å². The molecule has 0 spiro atoms. The molecule has 2 rings (SSSR count). The van der Waals surface area contributed by atoms with Crippen LogP contribution in [0.25, 0.3) is 0 Å². The van der Waals surface area contributed by atoms with Crippen LogP contribution in [0.2, 0.25) is 5.02 Å². The van der Waals surface area contributed by atoms with Gasteiger partial charge in [-0.15, -0.1) is 11.3 Å². The molecule has 1 aromatic heterocycles. The monoisotopic (exact) mass is 294 g/mol. The maximum atomic E-state index is 12.3. The molecule has 1 aromatic carbocycles. The molecular weight excluding hydrogens is 280 g/mol. The van der Waals surface area contributed by atoms with Crippen molar-refractivity contribution in [2.75, 3.05) is 7.05 Å². The number of nitrogens with zero attached hydrogens (tertiary/aromatic N) is 2. The van der Waals surface area contributed by atoms with Gasteiger partial charge in [-0.25, -0.2) is 4.98 Å². The first kappa shape index (κ1) is 14.0. The normalized spacial score (nSPS) is 12.2. The van der Waals surface area contributed by atoms with Gasteiger partial charge in [-0.05, 0) is 25.5 Å². The van der Waals surface area contributed by atoms with Gasteiger partial charge >= 0.3 is 0 Å². The fourth-order valence-corrected chi connectivity index (χ4v) is 2.72. The minimum absolute atomic E-state index is 0.0863. The maximum absolute atomic E-state index is 12.3. The average molecular weight is 295 g/mol. The van der Waals surface area contributed by atoms with Crippen LogP contribution in [0, 0.1) is 6.92 Å². The van der Waals surface area contributed by atoms with E-state index in [1.807, 2.05) is 38.1 Å². The van der Waals surface area contributed by atoms with Crippen molar-refractivity contribution in [1.82, 2.24) is 9.88 Å². The molecule has 1 atom stereocenters. The Morgan fingerprint density at radius 3 is 2.68 bits per heavy atom. The maximum Gasteiger partial charge on any atom is 0.273 e. The first-order chi connectivity index (χ1) is 9.00. The zero-order valence-electron chi connectivity index (χ0n) is 11.1. The van der Waals surface area contributed by atoms with Gasteiger partial charge in [0.05, 0.1) is 11.0 Å². The van der Waals surface area contributed by atoms with Crippen molar-refractivity contribution in [3.63, 3.8) is 0 Å². The third-order valence-electron chi connectivity index (χ3n) is 3.09. The Morgan fingerprint density at radius 1 is 1.42 bits per heavy atom. The van der Waals surface area contributed by atoms with Crippen LogP contribution in [0.15, 0.2) is 29.6 Å². The second kappa shape index (κ2) is 5.72. The molecule has 1 heterocycles. The van der Waals surface area contributed by atoms with Crippen LogP contribution < -0.4 is 0 Å². The second-order valence-corrected chi connectivity index (χ2v) is 5.83. The van der Waals surface area contributed by atoms with E-state index in [0.29, 0.717) is 10.7 Å². The van der Waals surface area contributed by atoms with Crippen LogP contribution in [0.1, 0.15) is 34.0 Å². The molecule has 0 saturated heterocycles. The largest absolute Gasteiger partial charge is 0.334 e. The van der Waals surface area contributed by atoms with Gasteiger partial charge < -0.3 is 4.90 Å². The molecule has 19 heavy (non-hydrogen) atoms. The van der Waals surface area contributed by atoms with Gasteiger partial charge in [-0.3, -0.25) is 4.79 Å². The van der Waals surface area contributed by atoms with Crippen molar-refractivity contribution < 1.29 is 4.79 Å². The molecule has 0 aliphatic rings. The van der Waals surface area contributed by atoms with Gasteiger partial charge in [0, 0.05) is 17.5 Å². The quantitative estimate of drug-likeness (QED) is 0.859. The van der Waals surface area contributed by atoms with Crippen molar-refractivity contribution in [3.05, 3.63) is 50.9 Å². The molecular formula is C14H15ClN2OS. The van der Waals surface area contributed by atoms with Crippen LogP contribution in [-0.2, 0) is 0 Å². The molecule has 0 saturated carbocycles. The number of hydrogen-bond donors (Lipinski definition) is 0. The zero-order chi connectivity index (χ0) is 14.0. The predicted octanol–water partition coefficient (Wildman–Crippen LogP) is 3.94. The number of rotatable bonds is 3. The summed E-state index contributed by atoms with van der Waals surface area (Å²) in [5.74, 6) is -0.0863. The number of carbonyl (C=O) groups is 1. The third-order valence-corrected chi connectivity index (χ3v) is 4.21. The number of aryl methyl sites for hydroxylation is 1. The van der Waals surface area contributed by atoms with E-state index in [4.69, 9.17) is 11.6 Å². The predicted molar refractivity (Wildman–Crippen MR) is 78.8 cm³/mol. The molecule has 0 aliphatic heterocycles. The van der Waals surface area contributed by atoms with Crippen LogP contribution in [0.4, 0.5) is 0 Å². The first-order valence-corrected chi connectivity index (χ1v) is 7.20. The molecule has 5 heteroatoms. The zero-order valence-corrected chi connectivity index (χ0v) is 12.6. The summed E-state index contributed by atoms with van der Waals surface area (Å²) in [4.78, 5) is 18.2. The minimum atomic E-state index is -0.0943. The van der Waals surface area contributed by atoms with Crippen molar-refractivity contribution in [1.29, 1.82) is 0 Å². The molecule has 3 nitrogen and oxygen atoms in total. The lowest BCUT2D eigenvalue weighted by atomic mass is 10.1. The number of halogens is 1. The molecule has 1 unspecified atom stereocenters. The van der Waals surface area contributed by atoms with Gasteiger partial charge in [0.2, 0.25) is 0 Å². The molecule has 2 aromatic rings. The molecule has 1 amide bonds. The fraction of sp³-hybridized carbons (Fsp3) is 0.286. The molecule has 100 valence electrons. The summed E-state index contributed by atoms with van der Waals surface area (Å²) in [6.07, 6.45) is 0. The van der Waals surface area contributed by atoms with E-state index >= 15 is 0 Å². The van der Waals surface area contributed by atoms with Gasteiger partial charge in [0.1, 0.15) is 5.69 Å². The molecule has 0 N–H and O–H groups in total. The van der Waals surface area contributed by atoms with Crippen LogP contribution in [0.5, 0.6) is 0 Å². The second-order valence-electron chi connectivity index (χ2n) is 4.37. The number of aromatic nitrogens is 1. The Labute approximate surface area is 121 Å². The molecule has 0 aliphatic carbocycles. The summed E-state index contributed by atoms with van der Waals surface area (Å²) < 4.78 is 0. The van der Waals surface area contributed by atoms with Crippen molar-refractivity contribution in [2.45, 2.75) is 19.9 Å². The number of benzene rings is 1. The fourth-order valence-electron chi connectivity index (χ4n) is 1.84. The topological polar surface area (TPSA) is 33.2 Å². The summed E-state index contributed by atoms with van der Waals surface area (Å²) in [6, 6.07) is 7.47. The van der Waals surface area contributed by atoms with E-state index < -0.39 is 0 Å². The van der Waals surface area contributed by atoms with Gasteiger partial charge in [-0.1, -0.05) is 29.8 Å². The summed E-state index contributed by atoms with van der Waals surface area (Å²) >= 11 is 7.64. The summed E-state index contributed by atoms with van der Waals surface area (Å²) in [6.45, 7) is 3.84. The Balaban J connectivity index is 2.22. The Morgan fingerprint density at radius 2 is 2.11 bits per heavy atom. The Hall–Kier alpha value is -1.39. The van der Waals surface area contributed by atoms with Crippen LogP contribution in [0.3, 0.4) is 0 Å². The lowest BCUT2D eigenvalue weighted by Crippen LogP contribution is -2.30. The molecule has 0 radical (unpaired) electrons. The van der Waals surface area contributed by atoms with Gasteiger partial charge in [0.25, 0.3) is 5.91 Å². The molecule has 0 bridgehead atoms. The third kappa shape index (κ3) is 2.96. The number of thiazole rings is 1. The van der Waals surface area contributed by atoms with E-state index in [1.165, 1.54) is 11.3 Å². The highest BCUT2D eigenvalue weighted by Gasteiger charge is 2.22. The van der Waals surface area contributed by atoms with Crippen LogP contribution >= 0.6 is 22.9 Å². The van der Waals surface area contributed by atoms with Gasteiger partial charge in [0.15, 0.2) is 0 Å². The Kier molecular flexibility index (Phi) is 4.22. The summed E-state index contributed by atoms with van der Waals surface area (Å²) in [7, 11) is 1.77.